The molecule has 3 aromatic rings. The van der Waals surface area contributed by atoms with Gasteiger partial charge in [0, 0.05) is 18.1 Å². The minimum Gasteiger partial charge on any atom is -0.468 e. The Bertz CT molecular complexity index is 1120. The van der Waals surface area contributed by atoms with Crippen molar-refractivity contribution in [2.45, 2.75) is 46.5 Å². The molecule has 2 aromatic heterocycles. The number of hydrogen-bond donors (Lipinski definition) is 1. The van der Waals surface area contributed by atoms with Gasteiger partial charge in [-0.2, -0.15) is 9.97 Å². The number of aromatic nitrogens is 4. The van der Waals surface area contributed by atoms with E-state index in [1.165, 1.54) is 12.1 Å². The summed E-state index contributed by atoms with van der Waals surface area (Å²) in [6, 6.07) is 6.14. The van der Waals surface area contributed by atoms with Crippen molar-refractivity contribution < 1.29 is 14.5 Å². The zero-order chi connectivity index (χ0) is 22.9. The number of non-ortho nitro benzene ring substituents is 1. The molecule has 31 heavy (non-hydrogen) atoms. The van der Waals surface area contributed by atoms with E-state index in [2.05, 4.69) is 39.9 Å². The lowest BCUT2D eigenvalue weighted by atomic mass is 10.1. The molecule has 0 aliphatic carbocycles. The van der Waals surface area contributed by atoms with Gasteiger partial charge in [0.1, 0.15) is 6.10 Å². The molecule has 2 heterocycles. The number of carbonyl (C=O) groups excluding carboxylic acids is 1. The van der Waals surface area contributed by atoms with Crippen LogP contribution in [-0.2, 0) is 4.79 Å². The first-order chi connectivity index (χ1) is 14.5. The van der Waals surface area contributed by atoms with Crippen LogP contribution in [0.25, 0.3) is 11.2 Å². The first-order valence-electron chi connectivity index (χ1n) is 9.95. The second kappa shape index (κ2) is 8.42. The lowest BCUT2D eigenvalue weighted by Gasteiger charge is -2.19. The van der Waals surface area contributed by atoms with Gasteiger partial charge in [-0.3, -0.25) is 20.2 Å². The third-order valence-corrected chi connectivity index (χ3v) is 6.48. The Morgan fingerprint density at radius 1 is 1.16 bits per heavy atom. The molecule has 0 saturated heterocycles. The van der Waals surface area contributed by atoms with Gasteiger partial charge < -0.3 is 8.97 Å². The van der Waals surface area contributed by atoms with Crippen molar-refractivity contribution in [3.63, 3.8) is 0 Å². The number of nitro groups is 1. The minimum absolute atomic E-state index is 0.00735. The SMILES string of the molecule is CC(C)C(=O)Nc1nc(OC(C)c2ccc([N+](=O)[O-])cc2)c2ncn([Si](C)(C)C)c2n1. The number of hydrogen-bond acceptors (Lipinski definition) is 7. The molecule has 0 aliphatic rings. The van der Waals surface area contributed by atoms with Crippen LogP contribution in [0, 0.1) is 16.0 Å². The maximum atomic E-state index is 12.2. The van der Waals surface area contributed by atoms with Crippen LogP contribution in [-0.4, -0.2) is 38.3 Å². The zero-order valence-electron chi connectivity index (χ0n) is 18.4. The van der Waals surface area contributed by atoms with E-state index in [-0.39, 0.29) is 29.3 Å². The highest BCUT2D eigenvalue weighted by Crippen LogP contribution is 2.29. The Morgan fingerprint density at radius 2 is 1.81 bits per heavy atom. The van der Waals surface area contributed by atoms with Crippen molar-refractivity contribution in [3.05, 3.63) is 46.3 Å². The molecular weight excluding hydrogens is 416 g/mol. The Morgan fingerprint density at radius 3 is 2.35 bits per heavy atom. The van der Waals surface area contributed by atoms with Gasteiger partial charge in [-0.05, 0) is 24.6 Å². The highest BCUT2D eigenvalue weighted by Gasteiger charge is 2.25. The number of fused-ring (bicyclic) bond motifs is 1. The topological polar surface area (TPSA) is 125 Å². The Balaban J connectivity index is 2.02. The van der Waals surface area contributed by atoms with E-state index in [0.29, 0.717) is 11.2 Å². The monoisotopic (exact) mass is 442 g/mol. The Kier molecular flexibility index (Phi) is 6.07. The van der Waals surface area contributed by atoms with Crippen LogP contribution in [0.15, 0.2) is 30.6 Å². The molecule has 164 valence electrons. The number of nitrogens with one attached hydrogen (secondary N) is 1. The van der Waals surface area contributed by atoms with Crippen molar-refractivity contribution in [2.24, 2.45) is 5.92 Å². The number of carbonyl (C=O) groups is 1. The normalized spacial score (nSPS) is 12.7. The molecule has 0 aliphatic heterocycles. The number of ether oxygens (including phenoxy) is 1. The highest BCUT2D eigenvalue weighted by molar-refractivity contribution is 6.75. The van der Waals surface area contributed by atoms with Gasteiger partial charge in [-0.15, -0.1) is 0 Å². The molecule has 1 unspecified atom stereocenters. The van der Waals surface area contributed by atoms with Crippen LogP contribution in [0.2, 0.25) is 19.6 Å². The fourth-order valence-corrected chi connectivity index (χ4v) is 4.06. The van der Waals surface area contributed by atoms with Gasteiger partial charge in [0.15, 0.2) is 19.4 Å². The maximum absolute atomic E-state index is 12.2. The van der Waals surface area contributed by atoms with Crippen molar-refractivity contribution in [1.29, 1.82) is 0 Å². The number of anilines is 1. The fourth-order valence-electron chi connectivity index (χ4n) is 2.86. The fraction of sp³-hybridized carbons (Fsp3) is 0.400. The summed E-state index contributed by atoms with van der Waals surface area (Å²) in [6.07, 6.45) is 1.27. The van der Waals surface area contributed by atoms with E-state index >= 15 is 0 Å². The Labute approximate surface area is 180 Å². The molecule has 11 heteroatoms. The second-order valence-corrected chi connectivity index (χ2v) is 13.4. The average Bonchev–Trinajstić information content (AvgIpc) is 3.12. The largest absolute Gasteiger partial charge is 0.468 e. The van der Waals surface area contributed by atoms with Gasteiger partial charge in [0.2, 0.25) is 17.7 Å². The van der Waals surface area contributed by atoms with Crippen molar-refractivity contribution >= 4 is 36.9 Å². The van der Waals surface area contributed by atoms with E-state index < -0.39 is 19.3 Å². The van der Waals surface area contributed by atoms with E-state index in [1.807, 2.05) is 11.2 Å². The average molecular weight is 443 g/mol. The van der Waals surface area contributed by atoms with Gasteiger partial charge in [-0.1, -0.05) is 33.5 Å². The number of imidazole rings is 1. The lowest BCUT2D eigenvalue weighted by molar-refractivity contribution is -0.384. The predicted molar refractivity (Wildman–Crippen MR) is 120 cm³/mol. The minimum atomic E-state index is -1.84. The number of rotatable bonds is 7. The predicted octanol–water partition coefficient (Wildman–Crippen LogP) is 4.15. The molecule has 10 nitrogen and oxygen atoms in total. The quantitative estimate of drug-likeness (QED) is 0.331. The summed E-state index contributed by atoms with van der Waals surface area (Å²) in [5.74, 6) is -0.0404. The lowest BCUT2D eigenvalue weighted by Crippen LogP contribution is -2.31. The molecule has 0 radical (unpaired) electrons. The number of amides is 1. The van der Waals surface area contributed by atoms with Crippen LogP contribution in [0.1, 0.15) is 32.4 Å². The van der Waals surface area contributed by atoms with Crippen LogP contribution < -0.4 is 10.1 Å². The standard InChI is InChI=1S/C20H26N6O4Si/c1-12(2)18(27)23-20-22-17-16(21-11-25(17)31(4,5)6)19(24-20)30-13(3)14-7-9-15(10-8-14)26(28)29/h7-13H,1-6H3,(H,22,23,24,27). The number of nitro benzene ring substituents is 1. The highest BCUT2D eigenvalue weighted by atomic mass is 28.3. The van der Waals surface area contributed by atoms with Crippen molar-refractivity contribution in [1.82, 2.24) is 19.2 Å². The van der Waals surface area contributed by atoms with Crippen LogP contribution in [0.4, 0.5) is 11.6 Å². The van der Waals surface area contributed by atoms with Gasteiger partial charge in [0.05, 0.1) is 11.3 Å². The molecular formula is C20H26N6O4Si. The van der Waals surface area contributed by atoms with E-state index in [0.717, 1.165) is 5.56 Å². The number of benzene rings is 1. The summed E-state index contributed by atoms with van der Waals surface area (Å²) in [6.45, 7) is 11.9. The molecule has 1 N–H and O–H groups in total. The summed E-state index contributed by atoms with van der Waals surface area (Å²) >= 11 is 0. The first kappa shape index (κ1) is 22.3. The Hall–Kier alpha value is -3.34. The summed E-state index contributed by atoms with van der Waals surface area (Å²) < 4.78 is 8.12. The summed E-state index contributed by atoms with van der Waals surface area (Å²) in [4.78, 5) is 36.1. The summed E-state index contributed by atoms with van der Waals surface area (Å²) in [7, 11) is -1.84. The molecule has 0 bridgehead atoms. The third kappa shape index (κ3) is 4.88. The number of nitrogens with zero attached hydrogens (tertiary/aromatic N) is 5. The molecule has 1 aromatic carbocycles. The van der Waals surface area contributed by atoms with Crippen LogP contribution in [0.3, 0.4) is 0 Å². The molecule has 0 spiro atoms. The smallest absolute Gasteiger partial charge is 0.269 e. The van der Waals surface area contributed by atoms with E-state index in [1.54, 1.807) is 32.3 Å². The van der Waals surface area contributed by atoms with E-state index in [4.69, 9.17) is 4.74 Å². The third-order valence-electron chi connectivity index (χ3n) is 4.71. The maximum Gasteiger partial charge on any atom is 0.269 e. The first-order valence-corrected chi connectivity index (χ1v) is 13.4. The second-order valence-electron chi connectivity index (χ2n) is 8.56. The molecule has 1 amide bonds. The summed E-state index contributed by atoms with van der Waals surface area (Å²) in [5.41, 5.74) is 1.85. The summed E-state index contributed by atoms with van der Waals surface area (Å²) in [5, 5.41) is 13.6. The van der Waals surface area contributed by atoms with Gasteiger partial charge in [0.25, 0.3) is 5.69 Å². The van der Waals surface area contributed by atoms with Crippen LogP contribution >= 0.6 is 0 Å². The molecule has 0 saturated carbocycles. The van der Waals surface area contributed by atoms with Gasteiger partial charge in [-0.25, -0.2) is 4.98 Å². The molecule has 0 fully saturated rings. The molecule has 3 rings (SSSR count). The van der Waals surface area contributed by atoms with Crippen molar-refractivity contribution in [2.75, 3.05) is 5.32 Å². The van der Waals surface area contributed by atoms with Crippen molar-refractivity contribution in [3.8, 4) is 5.88 Å². The molecule has 1 atom stereocenters. The van der Waals surface area contributed by atoms with Gasteiger partial charge >= 0.3 is 0 Å². The zero-order valence-corrected chi connectivity index (χ0v) is 19.4. The van der Waals surface area contributed by atoms with E-state index in [9.17, 15) is 14.9 Å². The van der Waals surface area contributed by atoms with Crippen LogP contribution in [0.5, 0.6) is 5.88 Å².